The molecule has 118 valence electrons. The fourth-order valence-electron chi connectivity index (χ4n) is 2.21. The number of rotatable bonds is 5. The molecule has 1 heterocycles. The fraction of sp³-hybridized carbons (Fsp3) is 0.294. The van der Waals surface area contributed by atoms with Crippen LogP contribution < -0.4 is 10.6 Å². The summed E-state index contributed by atoms with van der Waals surface area (Å²) in [5.74, 6) is 0.393. The number of carbonyl (C=O) groups excluding carboxylic acids is 1. The molecule has 2 aromatic rings. The van der Waals surface area contributed by atoms with Crippen LogP contribution in [0.4, 0.5) is 5.82 Å². The van der Waals surface area contributed by atoms with E-state index in [2.05, 4.69) is 26.9 Å². The number of nitrogens with one attached hydrogen (secondary N) is 2. The molecule has 2 N–H and O–H groups in total. The zero-order valence-corrected chi connectivity index (χ0v) is 13.5. The summed E-state index contributed by atoms with van der Waals surface area (Å²) in [4.78, 5) is 11.6. The second-order valence-electron chi connectivity index (χ2n) is 5.20. The molecule has 0 bridgehead atoms. The Morgan fingerprint density at radius 2 is 2.09 bits per heavy atom. The molecule has 0 atom stereocenters. The Hall–Kier alpha value is -2.94. The van der Waals surface area contributed by atoms with Gasteiger partial charge in [0, 0.05) is 19.2 Å². The van der Waals surface area contributed by atoms with Crippen molar-refractivity contribution in [2.24, 2.45) is 0 Å². The Morgan fingerprint density at radius 3 is 2.78 bits per heavy atom. The van der Waals surface area contributed by atoms with E-state index in [0.717, 1.165) is 16.8 Å². The highest BCUT2D eigenvalue weighted by Gasteiger charge is 2.10. The number of hydrogen-bond acceptors (Lipinski definition) is 5. The van der Waals surface area contributed by atoms with E-state index < -0.39 is 0 Å². The number of anilines is 1. The molecule has 6 nitrogen and oxygen atoms in total. The van der Waals surface area contributed by atoms with Crippen LogP contribution in [0.1, 0.15) is 32.7 Å². The monoisotopic (exact) mass is 309 g/mol. The maximum absolute atomic E-state index is 11.6. The first kappa shape index (κ1) is 16.4. The van der Waals surface area contributed by atoms with Crippen LogP contribution in [0.3, 0.4) is 0 Å². The van der Waals surface area contributed by atoms with Gasteiger partial charge in [0.25, 0.3) is 5.91 Å². The van der Waals surface area contributed by atoms with Crippen LogP contribution in [0.5, 0.6) is 0 Å². The van der Waals surface area contributed by atoms with Gasteiger partial charge in [0.1, 0.15) is 11.6 Å². The third-order valence-electron chi connectivity index (χ3n) is 3.69. The van der Waals surface area contributed by atoms with Crippen molar-refractivity contribution in [3.8, 4) is 6.07 Å². The lowest BCUT2D eigenvalue weighted by Crippen LogP contribution is -2.18. The van der Waals surface area contributed by atoms with E-state index in [1.54, 1.807) is 13.1 Å². The smallest absolute Gasteiger partial charge is 0.251 e. The lowest BCUT2D eigenvalue weighted by atomic mass is 10.1. The van der Waals surface area contributed by atoms with Crippen molar-refractivity contribution in [2.75, 3.05) is 18.9 Å². The highest BCUT2D eigenvalue weighted by Crippen LogP contribution is 2.17. The van der Waals surface area contributed by atoms with Gasteiger partial charge in [0.05, 0.1) is 5.69 Å². The van der Waals surface area contributed by atoms with Crippen LogP contribution in [-0.2, 0) is 6.42 Å². The van der Waals surface area contributed by atoms with Crippen molar-refractivity contribution in [3.63, 3.8) is 0 Å². The Kier molecular flexibility index (Phi) is 5.26. The summed E-state index contributed by atoms with van der Waals surface area (Å²) in [5.41, 5.74) is 3.79. The number of aryl methyl sites for hydroxylation is 1. The Labute approximate surface area is 135 Å². The van der Waals surface area contributed by atoms with Crippen LogP contribution in [0.15, 0.2) is 24.3 Å². The zero-order chi connectivity index (χ0) is 16.8. The lowest BCUT2D eigenvalue weighted by molar-refractivity contribution is 0.0963. The molecule has 0 aliphatic carbocycles. The normalized spacial score (nSPS) is 10.0. The van der Waals surface area contributed by atoms with Gasteiger partial charge >= 0.3 is 0 Å². The zero-order valence-electron chi connectivity index (χ0n) is 13.5. The molecule has 0 aliphatic heterocycles. The third kappa shape index (κ3) is 3.83. The Balaban J connectivity index is 2.05. The van der Waals surface area contributed by atoms with Gasteiger partial charge < -0.3 is 10.6 Å². The van der Waals surface area contributed by atoms with Gasteiger partial charge in [-0.05, 0) is 43.5 Å². The van der Waals surface area contributed by atoms with Crippen LogP contribution >= 0.6 is 0 Å². The second kappa shape index (κ2) is 7.36. The minimum absolute atomic E-state index is 0.105. The molecule has 0 spiro atoms. The number of carbonyl (C=O) groups is 1. The first-order valence-electron chi connectivity index (χ1n) is 7.35. The fourth-order valence-corrected chi connectivity index (χ4v) is 2.21. The van der Waals surface area contributed by atoms with E-state index in [1.807, 2.05) is 32.0 Å². The van der Waals surface area contributed by atoms with Crippen molar-refractivity contribution in [1.82, 2.24) is 15.5 Å². The van der Waals surface area contributed by atoms with Crippen molar-refractivity contribution < 1.29 is 4.79 Å². The molecule has 1 aromatic heterocycles. The Morgan fingerprint density at radius 1 is 1.30 bits per heavy atom. The number of hydrogen-bond donors (Lipinski definition) is 2. The maximum Gasteiger partial charge on any atom is 0.251 e. The molecule has 1 amide bonds. The van der Waals surface area contributed by atoms with Crippen molar-refractivity contribution in [2.45, 2.75) is 20.3 Å². The minimum atomic E-state index is -0.105. The highest BCUT2D eigenvalue weighted by molar-refractivity contribution is 5.94. The van der Waals surface area contributed by atoms with E-state index in [1.165, 1.54) is 0 Å². The molecular weight excluding hydrogens is 290 g/mol. The molecule has 23 heavy (non-hydrogen) atoms. The molecule has 0 saturated carbocycles. The van der Waals surface area contributed by atoms with E-state index in [0.29, 0.717) is 29.9 Å². The van der Waals surface area contributed by atoms with Crippen LogP contribution in [0, 0.1) is 25.2 Å². The minimum Gasteiger partial charge on any atom is -0.367 e. The molecule has 6 heteroatoms. The summed E-state index contributed by atoms with van der Waals surface area (Å²) in [6, 6.07) is 9.62. The lowest BCUT2D eigenvalue weighted by Gasteiger charge is -2.10. The number of nitriles is 1. The first-order valence-corrected chi connectivity index (χ1v) is 7.35. The van der Waals surface area contributed by atoms with Crippen molar-refractivity contribution >= 4 is 11.7 Å². The first-order chi connectivity index (χ1) is 11.1. The van der Waals surface area contributed by atoms with Gasteiger partial charge in [0.2, 0.25) is 0 Å². The SMILES string of the molecule is CNC(=O)c1cccc(CCNc2nnc(C)c(C)c2C#N)c1. The van der Waals surface area contributed by atoms with E-state index >= 15 is 0 Å². The molecular formula is C17H19N5O. The summed E-state index contributed by atoms with van der Waals surface area (Å²) < 4.78 is 0. The second-order valence-corrected chi connectivity index (χ2v) is 5.20. The molecule has 0 unspecified atom stereocenters. The van der Waals surface area contributed by atoms with Gasteiger partial charge in [-0.25, -0.2) is 0 Å². The van der Waals surface area contributed by atoms with E-state index in [9.17, 15) is 10.1 Å². The molecule has 0 radical (unpaired) electrons. The van der Waals surface area contributed by atoms with Crippen molar-refractivity contribution in [1.29, 1.82) is 5.26 Å². The molecule has 2 rings (SSSR count). The summed E-state index contributed by atoms with van der Waals surface area (Å²) in [7, 11) is 1.61. The average Bonchev–Trinajstić information content (AvgIpc) is 2.58. The average molecular weight is 309 g/mol. The molecule has 0 saturated heterocycles. The van der Waals surface area contributed by atoms with Crippen LogP contribution in [0.2, 0.25) is 0 Å². The third-order valence-corrected chi connectivity index (χ3v) is 3.69. The van der Waals surface area contributed by atoms with Gasteiger partial charge in [-0.2, -0.15) is 10.4 Å². The summed E-state index contributed by atoms with van der Waals surface area (Å²) in [6.45, 7) is 4.29. The number of benzene rings is 1. The van der Waals surface area contributed by atoms with Gasteiger partial charge in [-0.1, -0.05) is 12.1 Å². The summed E-state index contributed by atoms with van der Waals surface area (Å²) in [6.07, 6.45) is 0.713. The van der Waals surface area contributed by atoms with Gasteiger partial charge in [-0.3, -0.25) is 4.79 Å². The van der Waals surface area contributed by atoms with Gasteiger partial charge in [0.15, 0.2) is 5.82 Å². The summed E-state index contributed by atoms with van der Waals surface area (Å²) >= 11 is 0. The number of amides is 1. The van der Waals surface area contributed by atoms with E-state index in [-0.39, 0.29) is 5.91 Å². The number of nitrogens with zero attached hydrogens (tertiary/aromatic N) is 3. The largest absolute Gasteiger partial charge is 0.367 e. The van der Waals surface area contributed by atoms with Crippen molar-refractivity contribution in [3.05, 3.63) is 52.2 Å². The topological polar surface area (TPSA) is 90.7 Å². The molecule has 0 aliphatic rings. The summed E-state index contributed by atoms with van der Waals surface area (Å²) in [5, 5.41) is 23.1. The van der Waals surface area contributed by atoms with E-state index in [4.69, 9.17) is 0 Å². The van der Waals surface area contributed by atoms with Crippen LogP contribution in [0.25, 0.3) is 0 Å². The quantitative estimate of drug-likeness (QED) is 0.881. The molecule has 1 aromatic carbocycles. The predicted molar refractivity (Wildman–Crippen MR) is 88.2 cm³/mol. The Bertz CT molecular complexity index is 764. The highest BCUT2D eigenvalue weighted by atomic mass is 16.1. The number of aromatic nitrogens is 2. The predicted octanol–water partition coefficient (Wildman–Crippen LogP) is 1.98. The molecule has 0 fully saturated rings. The standard InChI is InChI=1S/C17H19N5O/c1-11-12(2)21-22-16(15(11)10-18)20-8-7-13-5-4-6-14(9-13)17(23)19-3/h4-6,9H,7-8H2,1-3H3,(H,19,23)(H,20,22). The van der Waals surface area contributed by atoms with Gasteiger partial charge in [-0.15, -0.1) is 5.10 Å². The maximum atomic E-state index is 11.6. The van der Waals surface area contributed by atoms with Crippen LogP contribution in [-0.4, -0.2) is 29.7 Å².